The number of carbonyl (C=O) groups excluding carboxylic acids is 3. The number of likely N-dealkylation sites (N-methyl/N-ethyl adjacent to an activating group) is 1. The lowest BCUT2D eigenvalue weighted by Crippen LogP contribution is -2.52. The van der Waals surface area contributed by atoms with E-state index in [4.69, 9.17) is 0 Å². The van der Waals surface area contributed by atoms with Crippen LogP contribution in [0.4, 0.5) is 13.2 Å². The molecule has 0 saturated carbocycles. The Kier molecular flexibility index (Phi) is 11.7. The minimum Gasteiger partial charge on any atom is -0.341 e. The highest BCUT2D eigenvalue weighted by atomic mass is 32.2. The van der Waals surface area contributed by atoms with Crippen molar-refractivity contribution in [2.24, 2.45) is 11.1 Å². The molecule has 1 amide bonds. The second kappa shape index (κ2) is 13.9. The van der Waals surface area contributed by atoms with Gasteiger partial charge < -0.3 is 18.6 Å². The first-order chi connectivity index (χ1) is 19.2. The summed E-state index contributed by atoms with van der Waals surface area (Å²) in [7, 11) is -6.98. The van der Waals surface area contributed by atoms with Gasteiger partial charge in [0.05, 0.1) is 17.2 Å². The largest absolute Gasteiger partial charge is 0.416 e. The zero-order chi connectivity index (χ0) is 32.0. The normalized spacial score (nSPS) is 16.4. The second-order valence-electron chi connectivity index (χ2n) is 9.90. The number of benzene rings is 1. The lowest BCUT2D eigenvalue weighted by atomic mass is 10.00. The van der Waals surface area contributed by atoms with Crippen LogP contribution in [0.25, 0.3) is 5.57 Å². The third-order valence-electron chi connectivity index (χ3n) is 6.36. The average molecular weight is 643 g/mol. The fraction of sp³-hybridized carbons (Fsp3) is 0.542. The van der Waals surface area contributed by atoms with Crippen molar-refractivity contribution in [3.05, 3.63) is 41.5 Å². The van der Waals surface area contributed by atoms with Crippen molar-refractivity contribution in [3.8, 4) is 0 Å². The van der Waals surface area contributed by atoms with Crippen molar-refractivity contribution in [1.29, 1.82) is 0 Å². The lowest BCUT2D eigenvalue weighted by molar-refractivity contribution is -0.138. The maximum atomic E-state index is 13.2. The summed E-state index contributed by atoms with van der Waals surface area (Å²) in [6.07, 6.45) is -3.75. The third-order valence-corrected chi connectivity index (χ3v) is 8.12. The molecule has 1 unspecified atom stereocenters. The van der Waals surface area contributed by atoms with Gasteiger partial charge in [-0.1, -0.05) is 26.0 Å². The quantitative estimate of drug-likeness (QED) is 0.333. The Morgan fingerprint density at radius 1 is 1.14 bits per heavy atom. The van der Waals surface area contributed by atoms with E-state index in [9.17, 15) is 44.4 Å². The Bertz CT molecular complexity index is 1410. The molecule has 1 aliphatic heterocycles. The van der Waals surface area contributed by atoms with Crippen LogP contribution in [0, 0.1) is 5.92 Å². The lowest BCUT2D eigenvalue weighted by Gasteiger charge is -2.37. The average Bonchev–Trinajstić information content (AvgIpc) is 2.87. The molecule has 2 rings (SSSR count). The van der Waals surface area contributed by atoms with Crippen LogP contribution in [-0.2, 0) is 49.5 Å². The summed E-state index contributed by atoms with van der Waals surface area (Å²) in [4.78, 5) is 39.4. The van der Waals surface area contributed by atoms with Gasteiger partial charge in [0.2, 0.25) is 5.91 Å². The molecule has 0 bridgehead atoms. The van der Waals surface area contributed by atoms with Gasteiger partial charge in [0.25, 0.3) is 0 Å². The number of alkyl halides is 3. The smallest absolute Gasteiger partial charge is 0.341 e. The summed E-state index contributed by atoms with van der Waals surface area (Å²) < 4.78 is 97.1. The van der Waals surface area contributed by atoms with Gasteiger partial charge in [0.15, 0.2) is 0 Å². The van der Waals surface area contributed by atoms with Gasteiger partial charge in [-0.05, 0) is 49.9 Å². The summed E-state index contributed by atoms with van der Waals surface area (Å²) >= 11 is 0. The van der Waals surface area contributed by atoms with Crippen molar-refractivity contribution in [3.63, 3.8) is 0 Å². The van der Waals surface area contributed by atoms with E-state index in [2.05, 4.69) is 18.8 Å². The fourth-order valence-corrected chi connectivity index (χ4v) is 5.50. The number of nitrogens with one attached hydrogen (secondary N) is 1. The molecule has 1 saturated heterocycles. The van der Waals surface area contributed by atoms with Crippen LogP contribution in [0.2, 0.25) is 0 Å². The number of carbonyl (C=O) groups is 3. The molecule has 0 aromatic heterocycles. The van der Waals surface area contributed by atoms with Gasteiger partial charge in [-0.25, -0.2) is 9.59 Å². The van der Waals surface area contributed by atoms with E-state index in [1.54, 1.807) is 11.9 Å². The molecule has 3 N–H and O–H groups in total. The SMILES string of the molecule is CNC(CC(C)C)C(=O)N1CCC(N(C)S(=O)(=O)OC(=O)/C(=C/C(=O)OS(N)(=O)=O)c2cccc(C(F)(F)F)c2)CC1. The number of halogens is 3. The zero-order valence-corrected chi connectivity index (χ0v) is 24.9. The molecule has 18 heteroatoms. The van der Waals surface area contributed by atoms with Gasteiger partial charge >= 0.3 is 38.7 Å². The van der Waals surface area contributed by atoms with Crippen molar-refractivity contribution >= 4 is 44.0 Å². The maximum Gasteiger partial charge on any atom is 0.416 e. The summed E-state index contributed by atoms with van der Waals surface area (Å²) in [5.41, 5.74) is -2.92. The van der Waals surface area contributed by atoms with Crippen LogP contribution in [0.5, 0.6) is 0 Å². The first-order valence-electron chi connectivity index (χ1n) is 12.6. The first-order valence-corrected chi connectivity index (χ1v) is 15.4. The number of amides is 1. The van der Waals surface area contributed by atoms with Crippen molar-refractivity contribution in [2.45, 2.75) is 51.4 Å². The molecule has 1 aromatic rings. The monoisotopic (exact) mass is 642 g/mol. The number of rotatable bonds is 11. The molecule has 0 spiro atoms. The summed E-state index contributed by atoms with van der Waals surface area (Å²) in [6.45, 7) is 4.37. The van der Waals surface area contributed by atoms with E-state index in [0.29, 0.717) is 18.6 Å². The highest BCUT2D eigenvalue weighted by molar-refractivity contribution is 7.85. The number of hydrogen-bond donors (Lipinski definition) is 2. The standard InChI is InChI=1S/C24H33F3N4O9S2/c1-15(2)12-20(29-3)22(33)31-10-8-18(9-11-31)30(4)42(37,38)40-23(34)19(14-21(32)39-41(28,35)36)16-6-5-7-17(13-16)24(25,26)27/h5-7,13-15,18,20,29H,8-12H2,1-4H3,(H2,28,35,36)/b19-14+. The minimum atomic E-state index is -4.89. The van der Waals surface area contributed by atoms with E-state index >= 15 is 0 Å². The highest BCUT2D eigenvalue weighted by Crippen LogP contribution is 2.32. The molecule has 42 heavy (non-hydrogen) atoms. The molecule has 1 atom stereocenters. The van der Waals surface area contributed by atoms with E-state index in [1.165, 1.54) is 0 Å². The molecule has 1 heterocycles. The van der Waals surface area contributed by atoms with Gasteiger partial charge in [-0.15, -0.1) is 0 Å². The number of hydrogen-bond acceptors (Lipinski definition) is 10. The number of nitrogens with zero attached hydrogens (tertiary/aromatic N) is 2. The van der Waals surface area contributed by atoms with Gasteiger partial charge in [0.1, 0.15) is 0 Å². The number of likely N-dealkylation sites (tertiary alicyclic amines) is 1. The Labute approximate surface area is 242 Å². The molecule has 1 aliphatic rings. The molecule has 0 radical (unpaired) electrons. The predicted octanol–water partition coefficient (Wildman–Crippen LogP) is 1.18. The Balaban J connectivity index is 2.26. The Morgan fingerprint density at radius 2 is 1.74 bits per heavy atom. The topological polar surface area (TPSA) is 182 Å². The molecule has 1 aromatic carbocycles. The zero-order valence-electron chi connectivity index (χ0n) is 23.3. The van der Waals surface area contributed by atoms with Crippen LogP contribution >= 0.6 is 0 Å². The van der Waals surface area contributed by atoms with E-state index in [-0.39, 0.29) is 43.8 Å². The molecule has 13 nitrogen and oxygen atoms in total. The van der Waals surface area contributed by atoms with Gasteiger partial charge in [-0.2, -0.15) is 39.5 Å². The van der Waals surface area contributed by atoms with Crippen molar-refractivity contribution in [1.82, 2.24) is 14.5 Å². The summed E-state index contributed by atoms with van der Waals surface area (Å²) in [5, 5.41) is 7.59. The van der Waals surface area contributed by atoms with Crippen molar-refractivity contribution < 1.29 is 52.8 Å². The molecule has 236 valence electrons. The minimum absolute atomic E-state index is 0.135. The second-order valence-corrected chi connectivity index (χ2v) is 12.7. The summed E-state index contributed by atoms with van der Waals surface area (Å²) in [5.74, 6) is -3.46. The molecule has 1 fully saturated rings. The van der Waals surface area contributed by atoms with Gasteiger partial charge in [-0.3, -0.25) is 4.79 Å². The molecular formula is C24H33F3N4O9S2. The van der Waals surface area contributed by atoms with Crippen LogP contribution in [0.3, 0.4) is 0 Å². The highest BCUT2D eigenvalue weighted by Gasteiger charge is 2.36. The Morgan fingerprint density at radius 3 is 2.24 bits per heavy atom. The first kappa shape index (κ1) is 35.1. The molecule has 0 aliphatic carbocycles. The third kappa shape index (κ3) is 10.0. The predicted molar refractivity (Wildman–Crippen MR) is 143 cm³/mol. The van der Waals surface area contributed by atoms with Crippen LogP contribution in [0.15, 0.2) is 30.3 Å². The number of piperidine rings is 1. The van der Waals surface area contributed by atoms with Crippen LogP contribution in [0.1, 0.15) is 44.2 Å². The van der Waals surface area contributed by atoms with Crippen LogP contribution < -0.4 is 10.5 Å². The van der Waals surface area contributed by atoms with Gasteiger partial charge in [0, 0.05) is 32.3 Å². The Hall–Kier alpha value is -3.06. The van der Waals surface area contributed by atoms with E-state index in [0.717, 1.165) is 23.5 Å². The van der Waals surface area contributed by atoms with E-state index in [1.807, 2.05) is 13.8 Å². The number of nitrogens with two attached hydrogens (primary N) is 1. The maximum absolute atomic E-state index is 13.2. The molecular weight excluding hydrogens is 609 g/mol. The van der Waals surface area contributed by atoms with E-state index < -0.39 is 67.5 Å². The van der Waals surface area contributed by atoms with Crippen LogP contribution in [-0.4, -0.2) is 83.2 Å². The fourth-order valence-electron chi connectivity index (χ4n) is 4.25. The summed E-state index contributed by atoms with van der Waals surface area (Å²) in [6, 6.07) is 1.77. The van der Waals surface area contributed by atoms with Crippen molar-refractivity contribution in [2.75, 3.05) is 27.2 Å².